The SMILES string of the molecule is CC(=O)N1CCc2cc(NC(C)C(=O)Nc3ccc(C)cc3)ccc21. The van der Waals surface area contributed by atoms with Gasteiger partial charge in [-0.2, -0.15) is 0 Å². The number of hydrogen-bond acceptors (Lipinski definition) is 3. The molecule has 1 aliphatic rings. The number of nitrogens with zero attached hydrogens (tertiary/aromatic N) is 1. The molecule has 0 radical (unpaired) electrons. The van der Waals surface area contributed by atoms with Crippen molar-refractivity contribution in [3.8, 4) is 0 Å². The summed E-state index contributed by atoms with van der Waals surface area (Å²) in [5.41, 5.74) is 4.93. The Morgan fingerprint density at radius 2 is 1.76 bits per heavy atom. The molecule has 0 spiro atoms. The summed E-state index contributed by atoms with van der Waals surface area (Å²) in [6.07, 6.45) is 0.842. The van der Waals surface area contributed by atoms with E-state index in [0.29, 0.717) is 0 Å². The third-order valence-corrected chi connectivity index (χ3v) is 4.45. The summed E-state index contributed by atoms with van der Waals surface area (Å²) >= 11 is 0. The normalized spacial score (nSPS) is 14.0. The number of rotatable bonds is 4. The van der Waals surface area contributed by atoms with E-state index in [0.717, 1.165) is 41.2 Å². The van der Waals surface area contributed by atoms with Crippen molar-refractivity contribution in [2.24, 2.45) is 0 Å². The second-order valence-electron chi connectivity index (χ2n) is 6.49. The Labute approximate surface area is 148 Å². The van der Waals surface area contributed by atoms with Gasteiger partial charge in [-0.3, -0.25) is 9.59 Å². The summed E-state index contributed by atoms with van der Waals surface area (Å²) in [6, 6.07) is 13.2. The standard InChI is InChI=1S/C20H23N3O2/c1-13-4-6-17(7-5-13)22-20(25)14(2)21-18-8-9-19-16(12-18)10-11-23(19)15(3)24/h4-9,12,14,21H,10-11H2,1-3H3,(H,22,25). The first-order valence-electron chi connectivity index (χ1n) is 8.49. The molecule has 5 nitrogen and oxygen atoms in total. The fourth-order valence-electron chi connectivity index (χ4n) is 3.02. The average molecular weight is 337 g/mol. The van der Waals surface area contributed by atoms with Gasteiger partial charge in [-0.05, 0) is 56.2 Å². The Bertz CT molecular complexity index is 799. The quantitative estimate of drug-likeness (QED) is 0.899. The fraction of sp³-hybridized carbons (Fsp3) is 0.300. The molecule has 0 fully saturated rings. The van der Waals surface area contributed by atoms with Gasteiger partial charge < -0.3 is 15.5 Å². The zero-order valence-electron chi connectivity index (χ0n) is 14.8. The molecule has 1 unspecified atom stereocenters. The molecule has 1 heterocycles. The van der Waals surface area contributed by atoms with Crippen molar-refractivity contribution < 1.29 is 9.59 Å². The summed E-state index contributed by atoms with van der Waals surface area (Å²) in [5, 5.41) is 6.14. The summed E-state index contributed by atoms with van der Waals surface area (Å²) in [7, 11) is 0. The van der Waals surface area contributed by atoms with Crippen LogP contribution in [0, 0.1) is 6.92 Å². The van der Waals surface area contributed by atoms with Crippen LogP contribution in [0.15, 0.2) is 42.5 Å². The Balaban J connectivity index is 1.65. The van der Waals surface area contributed by atoms with E-state index in [1.807, 2.05) is 56.3 Å². The van der Waals surface area contributed by atoms with E-state index in [4.69, 9.17) is 0 Å². The molecule has 0 bridgehead atoms. The highest BCUT2D eigenvalue weighted by molar-refractivity contribution is 5.97. The van der Waals surface area contributed by atoms with Gasteiger partial charge in [-0.25, -0.2) is 0 Å². The van der Waals surface area contributed by atoms with Gasteiger partial charge in [0, 0.05) is 30.5 Å². The highest BCUT2D eigenvalue weighted by Crippen LogP contribution is 2.30. The zero-order chi connectivity index (χ0) is 18.0. The minimum atomic E-state index is -0.371. The van der Waals surface area contributed by atoms with Crippen LogP contribution in [0.4, 0.5) is 17.1 Å². The molecule has 0 saturated heterocycles. The van der Waals surface area contributed by atoms with Crippen molar-refractivity contribution in [3.63, 3.8) is 0 Å². The minimum absolute atomic E-state index is 0.0605. The molecule has 2 amide bonds. The lowest BCUT2D eigenvalue weighted by molar-refractivity contribution is -0.117. The van der Waals surface area contributed by atoms with E-state index >= 15 is 0 Å². The smallest absolute Gasteiger partial charge is 0.246 e. The summed E-state index contributed by atoms with van der Waals surface area (Å²) in [4.78, 5) is 25.7. The Kier molecular flexibility index (Phi) is 4.74. The number of amides is 2. The minimum Gasteiger partial charge on any atom is -0.374 e. The van der Waals surface area contributed by atoms with Gasteiger partial charge in [-0.15, -0.1) is 0 Å². The molecule has 5 heteroatoms. The predicted molar refractivity (Wildman–Crippen MR) is 101 cm³/mol. The Morgan fingerprint density at radius 1 is 1.08 bits per heavy atom. The molecule has 3 rings (SSSR count). The molecule has 2 aromatic rings. The first-order chi connectivity index (χ1) is 11.9. The fourth-order valence-corrected chi connectivity index (χ4v) is 3.02. The van der Waals surface area contributed by atoms with Crippen molar-refractivity contribution in [2.45, 2.75) is 33.2 Å². The number of nitrogens with one attached hydrogen (secondary N) is 2. The molecule has 0 aliphatic carbocycles. The van der Waals surface area contributed by atoms with Crippen LogP contribution in [0.5, 0.6) is 0 Å². The maximum absolute atomic E-state index is 12.4. The Hall–Kier alpha value is -2.82. The van der Waals surface area contributed by atoms with Crippen LogP contribution >= 0.6 is 0 Å². The molecule has 1 aliphatic heterocycles. The van der Waals surface area contributed by atoms with Crippen LogP contribution in [-0.2, 0) is 16.0 Å². The molecular formula is C20H23N3O2. The molecule has 0 aromatic heterocycles. The lowest BCUT2D eigenvalue weighted by Gasteiger charge is -2.18. The van der Waals surface area contributed by atoms with Crippen LogP contribution in [-0.4, -0.2) is 24.4 Å². The van der Waals surface area contributed by atoms with Gasteiger partial charge in [0.15, 0.2) is 0 Å². The van der Waals surface area contributed by atoms with Crippen LogP contribution < -0.4 is 15.5 Å². The topological polar surface area (TPSA) is 61.4 Å². The van der Waals surface area contributed by atoms with Gasteiger partial charge in [-0.1, -0.05) is 17.7 Å². The third-order valence-electron chi connectivity index (χ3n) is 4.45. The molecule has 0 saturated carbocycles. The van der Waals surface area contributed by atoms with Crippen molar-refractivity contribution in [1.82, 2.24) is 0 Å². The molecule has 2 aromatic carbocycles. The summed E-state index contributed by atoms with van der Waals surface area (Å²) in [5.74, 6) is -0.0278. The molecular weight excluding hydrogens is 314 g/mol. The molecule has 25 heavy (non-hydrogen) atoms. The lowest BCUT2D eigenvalue weighted by atomic mass is 10.1. The first kappa shape index (κ1) is 17.0. The van der Waals surface area contributed by atoms with Crippen LogP contribution in [0.2, 0.25) is 0 Å². The maximum atomic E-state index is 12.4. The van der Waals surface area contributed by atoms with Gasteiger partial charge in [0.25, 0.3) is 0 Å². The number of anilines is 3. The number of hydrogen-bond donors (Lipinski definition) is 2. The largest absolute Gasteiger partial charge is 0.374 e. The highest BCUT2D eigenvalue weighted by atomic mass is 16.2. The van der Waals surface area contributed by atoms with Crippen LogP contribution in [0.1, 0.15) is 25.0 Å². The van der Waals surface area contributed by atoms with Gasteiger partial charge >= 0.3 is 0 Å². The number of carbonyl (C=O) groups is 2. The monoisotopic (exact) mass is 337 g/mol. The van der Waals surface area contributed by atoms with Crippen molar-refractivity contribution in [2.75, 3.05) is 22.1 Å². The van der Waals surface area contributed by atoms with E-state index in [-0.39, 0.29) is 17.9 Å². The van der Waals surface area contributed by atoms with E-state index in [1.54, 1.807) is 11.8 Å². The number of benzene rings is 2. The zero-order valence-corrected chi connectivity index (χ0v) is 14.8. The van der Waals surface area contributed by atoms with Gasteiger partial charge in [0.2, 0.25) is 11.8 Å². The van der Waals surface area contributed by atoms with Crippen molar-refractivity contribution in [3.05, 3.63) is 53.6 Å². The number of fused-ring (bicyclic) bond motifs is 1. The van der Waals surface area contributed by atoms with E-state index in [1.165, 1.54) is 0 Å². The summed E-state index contributed by atoms with van der Waals surface area (Å²) < 4.78 is 0. The molecule has 130 valence electrons. The predicted octanol–water partition coefficient (Wildman–Crippen LogP) is 3.34. The van der Waals surface area contributed by atoms with Crippen LogP contribution in [0.25, 0.3) is 0 Å². The third kappa shape index (κ3) is 3.82. The van der Waals surface area contributed by atoms with Crippen LogP contribution in [0.3, 0.4) is 0 Å². The average Bonchev–Trinajstić information content (AvgIpc) is 3.00. The van der Waals surface area contributed by atoms with E-state index in [2.05, 4.69) is 10.6 Å². The maximum Gasteiger partial charge on any atom is 0.246 e. The van der Waals surface area contributed by atoms with Crippen molar-refractivity contribution >= 4 is 28.9 Å². The van der Waals surface area contributed by atoms with Crippen molar-refractivity contribution in [1.29, 1.82) is 0 Å². The van der Waals surface area contributed by atoms with E-state index < -0.39 is 0 Å². The van der Waals surface area contributed by atoms with E-state index in [9.17, 15) is 9.59 Å². The molecule has 1 atom stereocenters. The lowest BCUT2D eigenvalue weighted by Crippen LogP contribution is -2.31. The second kappa shape index (κ2) is 6.97. The number of aryl methyl sites for hydroxylation is 1. The summed E-state index contributed by atoms with van der Waals surface area (Å²) in [6.45, 7) is 6.14. The number of carbonyl (C=O) groups excluding carboxylic acids is 2. The van der Waals surface area contributed by atoms with Gasteiger partial charge in [0.05, 0.1) is 0 Å². The Morgan fingerprint density at radius 3 is 2.44 bits per heavy atom. The second-order valence-corrected chi connectivity index (χ2v) is 6.49. The van der Waals surface area contributed by atoms with Gasteiger partial charge in [0.1, 0.15) is 6.04 Å². The molecule has 2 N–H and O–H groups in total. The highest BCUT2D eigenvalue weighted by Gasteiger charge is 2.22. The first-order valence-corrected chi connectivity index (χ1v) is 8.49.